The van der Waals surface area contributed by atoms with Gasteiger partial charge in [0.25, 0.3) is 0 Å². The molecule has 0 saturated carbocycles. The summed E-state index contributed by atoms with van der Waals surface area (Å²) in [6.45, 7) is 1.90. The van der Waals surface area contributed by atoms with Crippen LogP contribution in [0, 0.1) is 0 Å². The summed E-state index contributed by atoms with van der Waals surface area (Å²) in [7, 11) is 3.86. The number of primary amides is 1. The highest BCUT2D eigenvalue weighted by atomic mass is 16.5. The van der Waals surface area contributed by atoms with E-state index in [1.807, 2.05) is 56.3 Å². The van der Waals surface area contributed by atoms with Crippen molar-refractivity contribution in [2.45, 2.75) is 19.4 Å². The number of hydrogen-bond acceptors (Lipinski definition) is 5. The van der Waals surface area contributed by atoms with Crippen LogP contribution in [-0.2, 0) is 14.3 Å². The van der Waals surface area contributed by atoms with E-state index in [9.17, 15) is 14.4 Å². The van der Waals surface area contributed by atoms with E-state index >= 15 is 0 Å². The van der Waals surface area contributed by atoms with Crippen molar-refractivity contribution in [1.82, 2.24) is 0 Å². The van der Waals surface area contributed by atoms with Crippen molar-refractivity contribution in [3.05, 3.63) is 77.9 Å². The average Bonchev–Trinajstić information content (AvgIpc) is 2.71. The van der Waals surface area contributed by atoms with Crippen LogP contribution in [0.15, 0.2) is 66.7 Å². The van der Waals surface area contributed by atoms with E-state index in [4.69, 9.17) is 15.6 Å². The SMILES string of the molecule is CCC(OC(=O)/C=C\C(=O)O)c1cccc(N(C)C)c1.NC(=O)c1ccccc1. The fraction of sp³-hybridized carbons (Fsp3) is 0.227. The third-order valence-electron chi connectivity index (χ3n) is 3.81. The lowest BCUT2D eigenvalue weighted by Crippen LogP contribution is -2.12. The van der Waals surface area contributed by atoms with Gasteiger partial charge in [0.2, 0.25) is 5.91 Å². The molecule has 0 saturated heterocycles. The molecule has 0 aromatic heterocycles. The second-order valence-corrected chi connectivity index (χ2v) is 6.23. The Labute approximate surface area is 170 Å². The first-order chi connectivity index (χ1) is 13.7. The molecule has 7 heteroatoms. The van der Waals surface area contributed by atoms with Crippen LogP contribution in [0.25, 0.3) is 0 Å². The quantitative estimate of drug-likeness (QED) is 0.548. The van der Waals surface area contributed by atoms with Gasteiger partial charge in [0.15, 0.2) is 0 Å². The molecule has 0 aliphatic carbocycles. The van der Waals surface area contributed by atoms with Crippen LogP contribution in [0.4, 0.5) is 5.69 Å². The van der Waals surface area contributed by atoms with Crippen molar-refractivity contribution in [3.63, 3.8) is 0 Å². The van der Waals surface area contributed by atoms with Crippen LogP contribution in [0.5, 0.6) is 0 Å². The van der Waals surface area contributed by atoms with Gasteiger partial charge in [-0.25, -0.2) is 9.59 Å². The molecule has 1 atom stereocenters. The second-order valence-electron chi connectivity index (χ2n) is 6.23. The van der Waals surface area contributed by atoms with Crippen molar-refractivity contribution < 1.29 is 24.2 Å². The molecule has 2 rings (SSSR count). The maximum atomic E-state index is 11.5. The lowest BCUT2D eigenvalue weighted by molar-refractivity contribution is -0.144. The van der Waals surface area contributed by atoms with Crippen molar-refractivity contribution >= 4 is 23.5 Å². The maximum Gasteiger partial charge on any atom is 0.331 e. The van der Waals surface area contributed by atoms with Crippen LogP contribution < -0.4 is 10.6 Å². The van der Waals surface area contributed by atoms with Crippen LogP contribution in [0.2, 0.25) is 0 Å². The standard InChI is InChI=1S/C15H19NO4.C7H7NO/c1-4-13(20-15(19)9-8-14(17)18)11-6-5-7-12(10-11)16(2)3;8-7(9)6-4-2-1-3-5-6/h5-10,13H,4H2,1-3H3,(H,17,18);1-5H,(H2,8,9)/b9-8-;. The summed E-state index contributed by atoms with van der Waals surface area (Å²) in [6, 6.07) is 16.5. The van der Waals surface area contributed by atoms with Gasteiger partial charge >= 0.3 is 11.9 Å². The highest BCUT2D eigenvalue weighted by molar-refractivity contribution is 5.92. The fourth-order valence-electron chi connectivity index (χ4n) is 2.31. The lowest BCUT2D eigenvalue weighted by Gasteiger charge is -2.18. The molecule has 7 nitrogen and oxygen atoms in total. The minimum atomic E-state index is -1.18. The Hall–Kier alpha value is -3.61. The summed E-state index contributed by atoms with van der Waals surface area (Å²) in [4.78, 5) is 34.3. The zero-order valence-corrected chi connectivity index (χ0v) is 16.7. The van der Waals surface area contributed by atoms with Crippen LogP contribution in [-0.4, -0.2) is 37.0 Å². The van der Waals surface area contributed by atoms with Gasteiger partial charge in [-0.15, -0.1) is 0 Å². The minimum Gasteiger partial charge on any atom is -0.478 e. The van der Waals surface area contributed by atoms with Gasteiger partial charge in [-0.05, 0) is 36.2 Å². The van der Waals surface area contributed by atoms with E-state index in [0.29, 0.717) is 12.0 Å². The molecule has 0 fully saturated rings. The van der Waals surface area contributed by atoms with Crippen molar-refractivity contribution in [3.8, 4) is 0 Å². The van der Waals surface area contributed by atoms with E-state index in [1.165, 1.54) is 0 Å². The molecule has 154 valence electrons. The Bertz CT molecular complexity index is 847. The zero-order valence-electron chi connectivity index (χ0n) is 16.7. The number of carbonyl (C=O) groups excluding carboxylic acids is 2. The number of carboxylic acid groups (broad SMARTS) is 1. The predicted molar refractivity (Wildman–Crippen MR) is 112 cm³/mol. The Morgan fingerprint density at radius 2 is 1.72 bits per heavy atom. The Morgan fingerprint density at radius 3 is 2.21 bits per heavy atom. The molecule has 1 amide bonds. The third kappa shape index (κ3) is 8.75. The van der Waals surface area contributed by atoms with E-state index in [2.05, 4.69) is 0 Å². The molecule has 29 heavy (non-hydrogen) atoms. The molecule has 1 unspecified atom stereocenters. The van der Waals surface area contributed by atoms with E-state index in [0.717, 1.165) is 23.4 Å². The number of esters is 1. The number of nitrogens with zero attached hydrogens (tertiary/aromatic N) is 1. The van der Waals surface area contributed by atoms with Crippen molar-refractivity contribution in [1.29, 1.82) is 0 Å². The van der Waals surface area contributed by atoms with Gasteiger partial charge < -0.3 is 20.5 Å². The fourth-order valence-corrected chi connectivity index (χ4v) is 2.31. The van der Waals surface area contributed by atoms with Gasteiger partial charge in [-0.1, -0.05) is 37.3 Å². The molecule has 0 aliphatic rings. The Morgan fingerprint density at radius 1 is 1.07 bits per heavy atom. The first kappa shape index (κ1) is 23.4. The maximum absolute atomic E-state index is 11.5. The topological polar surface area (TPSA) is 110 Å². The highest BCUT2D eigenvalue weighted by Crippen LogP contribution is 2.25. The number of nitrogens with two attached hydrogens (primary N) is 1. The Balaban J connectivity index is 0.000000387. The lowest BCUT2D eigenvalue weighted by atomic mass is 10.1. The number of amides is 1. The number of aliphatic carboxylic acids is 1. The summed E-state index contributed by atoms with van der Waals surface area (Å²) >= 11 is 0. The second kappa shape index (κ2) is 12.0. The summed E-state index contributed by atoms with van der Waals surface area (Å²) in [5, 5.41) is 8.47. The van der Waals surface area contributed by atoms with Crippen molar-refractivity contribution in [2.75, 3.05) is 19.0 Å². The number of carbonyl (C=O) groups is 3. The number of hydrogen-bond donors (Lipinski definition) is 2. The van der Waals surface area contributed by atoms with Gasteiger partial charge in [0, 0.05) is 37.5 Å². The predicted octanol–water partition coefficient (Wildman–Crippen LogP) is 3.17. The van der Waals surface area contributed by atoms with Gasteiger partial charge in [0.05, 0.1) is 0 Å². The number of ether oxygens (including phenoxy) is 1. The molecule has 0 spiro atoms. The molecule has 0 heterocycles. The van der Waals surface area contributed by atoms with Gasteiger partial charge in [-0.2, -0.15) is 0 Å². The first-order valence-electron chi connectivity index (χ1n) is 8.98. The smallest absolute Gasteiger partial charge is 0.331 e. The number of carboxylic acids is 1. The summed E-state index contributed by atoms with van der Waals surface area (Å²) in [5.41, 5.74) is 7.43. The Kier molecular flexibility index (Phi) is 9.67. The zero-order chi connectivity index (χ0) is 21.8. The van der Waals surface area contributed by atoms with Gasteiger partial charge in [0.1, 0.15) is 6.10 Å². The number of anilines is 1. The van der Waals surface area contributed by atoms with Crippen LogP contribution >= 0.6 is 0 Å². The molecule has 2 aromatic rings. The van der Waals surface area contributed by atoms with E-state index in [1.54, 1.807) is 24.3 Å². The minimum absolute atomic E-state index is 0.379. The summed E-state index contributed by atoms with van der Waals surface area (Å²) < 4.78 is 5.26. The normalized spacial score (nSPS) is 11.1. The highest BCUT2D eigenvalue weighted by Gasteiger charge is 2.14. The number of benzene rings is 2. The monoisotopic (exact) mass is 398 g/mol. The molecule has 0 bridgehead atoms. The molecule has 3 N–H and O–H groups in total. The van der Waals surface area contributed by atoms with Crippen molar-refractivity contribution in [2.24, 2.45) is 5.73 Å². The largest absolute Gasteiger partial charge is 0.478 e. The van der Waals surface area contributed by atoms with Crippen LogP contribution in [0.3, 0.4) is 0 Å². The third-order valence-corrected chi connectivity index (χ3v) is 3.81. The molecule has 0 aliphatic heterocycles. The van der Waals surface area contributed by atoms with Gasteiger partial charge in [-0.3, -0.25) is 4.79 Å². The summed E-state index contributed by atoms with van der Waals surface area (Å²) in [6.07, 6.45) is 1.91. The van der Waals surface area contributed by atoms with Crippen LogP contribution in [0.1, 0.15) is 35.4 Å². The average molecular weight is 398 g/mol. The summed E-state index contributed by atoms with van der Waals surface area (Å²) in [5.74, 6) is -2.21. The molecule has 0 radical (unpaired) electrons. The van der Waals surface area contributed by atoms with E-state index < -0.39 is 11.9 Å². The first-order valence-corrected chi connectivity index (χ1v) is 8.98. The van der Waals surface area contributed by atoms with E-state index in [-0.39, 0.29) is 12.0 Å². The molecular formula is C22H26N2O5. The molecular weight excluding hydrogens is 372 g/mol. The molecule has 2 aromatic carbocycles. The number of rotatable bonds is 7.